The first-order chi connectivity index (χ1) is 8.61. The van der Waals surface area contributed by atoms with Crippen LogP contribution in [0.4, 0.5) is 4.79 Å². The minimum atomic E-state index is -0.993. The fourth-order valence-corrected chi connectivity index (χ4v) is 1.76. The first-order valence-corrected chi connectivity index (χ1v) is 5.66. The second-order valence-corrected chi connectivity index (χ2v) is 3.80. The number of hydrogen-bond acceptors (Lipinski definition) is 6. The van der Waals surface area contributed by atoms with Gasteiger partial charge in [0.1, 0.15) is 5.76 Å². The van der Waals surface area contributed by atoms with Crippen molar-refractivity contribution in [3.63, 3.8) is 0 Å². The number of Topliss-reactive ketones (excluding diaryl/α,β-unsaturated/α-hetero) is 1. The standard InChI is InChI=1S/C12H12O6/c1-2-16-12(15)18-10-6-7-8(13)4-3-5-9(7)17-11(10)14/h6H,2-5H2,1H3. The number of ether oxygens (including phenoxy) is 2. The van der Waals surface area contributed by atoms with Crippen molar-refractivity contribution in [2.24, 2.45) is 0 Å². The molecule has 0 aromatic carbocycles. The molecule has 0 unspecified atom stereocenters. The van der Waals surface area contributed by atoms with E-state index >= 15 is 0 Å². The molecule has 96 valence electrons. The van der Waals surface area contributed by atoms with Crippen molar-refractivity contribution in [3.8, 4) is 5.75 Å². The molecule has 0 aliphatic heterocycles. The Morgan fingerprint density at radius 1 is 1.39 bits per heavy atom. The minimum absolute atomic E-state index is 0.117. The molecule has 2 rings (SSSR count). The predicted octanol–water partition coefficient (Wildman–Crippen LogP) is 1.69. The van der Waals surface area contributed by atoms with Crippen LogP contribution in [0.2, 0.25) is 0 Å². The van der Waals surface area contributed by atoms with E-state index in [0.717, 1.165) is 0 Å². The molecule has 1 aromatic heterocycles. The molecule has 0 fully saturated rings. The summed E-state index contributed by atoms with van der Waals surface area (Å²) in [6.45, 7) is 1.74. The molecule has 1 aliphatic rings. The Balaban J connectivity index is 2.32. The van der Waals surface area contributed by atoms with E-state index in [2.05, 4.69) is 9.47 Å². The molecule has 0 radical (unpaired) electrons. The van der Waals surface area contributed by atoms with Crippen molar-refractivity contribution in [1.29, 1.82) is 0 Å². The molecule has 0 spiro atoms. The minimum Gasteiger partial charge on any atom is -0.434 e. The lowest BCUT2D eigenvalue weighted by atomic mass is 9.96. The van der Waals surface area contributed by atoms with E-state index in [4.69, 9.17) is 4.42 Å². The fourth-order valence-electron chi connectivity index (χ4n) is 1.76. The Morgan fingerprint density at radius 2 is 2.17 bits per heavy atom. The fraction of sp³-hybridized carbons (Fsp3) is 0.417. The topological polar surface area (TPSA) is 82.8 Å². The van der Waals surface area contributed by atoms with Crippen LogP contribution in [0.3, 0.4) is 0 Å². The highest BCUT2D eigenvalue weighted by Crippen LogP contribution is 2.22. The normalized spacial score (nSPS) is 13.9. The van der Waals surface area contributed by atoms with Crippen LogP contribution in [0.15, 0.2) is 15.3 Å². The Bertz CT molecular complexity index is 542. The van der Waals surface area contributed by atoms with Gasteiger partial charge in [0.05, 0.1) is 12.2 Å². The average molecular weight is 252 g/mol. The van der Waals surface area contributed by atoms with Gasteiger partial charge in [-0.2, -0.15) is 0 Å². The summed E-state index contributed by atoms with van der Waals surface area (Å²) in [6, 6.07) is 1.25. The third kappa shape index (κ3) is 2.42. The number of carbonyl (C=O) groups is 2. The van der Waals surface area contributed by atoms with Gasteiger partial charge in [0.25, 0.3) is 0 Å². The average Bonchev–Trinajstić information content (AvgIpc) is 2.31. The molecule has 0 saturated heterocycles. The zero-order valence-corrected chi connectivity index (χ0v) is 9.86. The third-order valence-electron chi connectivity index (χ3n) is 2.56. The molecule has 0 N–H and O–H groups in total. The van der Waals surface area contributed by atoms with Crippen LogP contribution in [0.1, 0.15) is 35.9 Å². The van der Waals surface area contributed by atoms with Gasteiger partial charge in [0.15, 0.2) is 5.78 Å². The lowest BCUT2D eigenvalue weighted by Gasteiger charge is -2.13. The van der Waals surface area contributed by atoms with E-state index in [-0.39, 0.29) is 18.1 Å². The second-order valence-electron chi connectivity index (χ2n) is 3.80. The van der Waals surface area contributed by atoms with Gasteiger partial charge in [-0.05, 0) is 13.3 Å². The van der Waals surface area contributed by atoms with E-state index in [9.17, 15) is 14.4 Å². The summed E-state index contributed by atoms with van der Waals surface area (Å²) in [5, 5.41) is 0. The van der Waals surface area contributed by atoms with Crippen molar-refractivity contribution in [3.05, 3.63) is 27.8 Å². The highest BCUT2D eigenvalue weighted by atomic mass is 16.7. The van der Waals surface area contributed by atoms with Gasteiger partial charge in [-0.1, -0.05) is 0 Å². The lowest BCUT2D eigenvalue weighted by Crippen LogP contribution is -2.19. The van der Waals surface area contributed by atoms with Crippen LogP contribution < -0.4 is 10.4 Å². The highest BCUT2D eigenvalue weighted by molar-refractivity contribution is 5.98. The molecular weight excluding hydrogens is 240 g/mol. The monoisotopic (exact) mass is 252 g/mol. The SMILES string of the molecule is CCOC(=O)Oc1cc2c(oc1=O)CCCC2=O. The molecule has 1 aliphatic carbocycles. The van der Waals surface area contributed by atoms with Crippen LogP contribution in [0.25, 0.3) is 0 Å². The smallest absolute Gasteiger partial charge is 0.434 e. The van der Waals surface area contributed by atoms with Crippen molar-refractivity contribution in [1.82, 2.24) is 0 Å². The third-order valence-corrected chi connectivity index (χ3v) is 2.56. The Kier molecular flexibility index (Phi) is 3.45. The van der Waals surface area contributed by atoms with Crippen LogP contribution in [0.5, 0.6) is 5.75 Å². The molecule has 0 bridgehead atoms. The Hall–Kier alpha value is -2.11. The molecule has 1 aromatic rings. The van der Waals surface area contributed by atoms with Gasteiger partial charge in [-0.3, -0.25) is 4.79 Å². The number of carbonyl (C=O) groups excluding carboxylic acids is 2. The van der Waals surface area contributed by atoms with Crippen LogP contribution in [-0.4, -0.2) is 18.5 Å². The summed E-state index contributed by atoms with van der Waals surface area (Å²) in [5.41, 5.74) is -0.475. The number of hydrogen-bond donors (Lipinski definition) is 0. The Morgan fingerprint density at radius 3 is 2.89 bits per heavy atom. The maximum absolute atomic E-state index is 11.6. The molecule has 1 heterocycles. The largest absolute Gasteiger partial charge is 0.514 e. The molecule has 6 nitrogen and oxygen atoms in total. The van der Waals surface area contributed by atoms with Crippen LogP contribution in [0, 0.1) is 0 Å². The van der Waals surface area contributed by atoms with Crippen LogP contribution >= 0.6 is 0 Å². The zero-order chi connectivity index (χ0) is 13.1. The summed E-state index contributed by atoms with van der Waals surface area (Å²) in [7, 11) is 0. The van der Waals surface area contributed by atoms with Gasteiger partial charge < -0.3 is 13.9 Å². The number of fused-ring (bicyclic) bond motifs is 1. The summed E-state index contributed by atoms with van der Waals surface area (Å²) in [4.78, 5) is 34.3. The van der Waals surface area contributed by atoms with Gasteiger partial charge in [0, 0.05) is 18.9 Å². The van der Waals surface area contributed by atoms with Crippen molar-refractivity contribution in [2.75, 3.05) is 6.61 Å². The van der Waals surface area contributed by atoms with Crippen molar-refractivity contribution >= 4 is 11.9 Å². The molecule has 0 atom stereocenters. The van der Waals surface area contributed by atoms with Gasteiger partial charge in [-0.15, -0.1) is 0 Å². The zero-order valence-electron chi connectivity index (χ0n) is 9.86. The van der Waals surface area contributed by atoms with Gasteiger partial charge >= 0.3 is 11.8 Å². The molecule has 0 saturated carbocycles. The van der Waals surface area contributed by atoms with Gasteiger partial charge in [0.2, 0.25) is 5.75 Å². The number of ketones is 1. The number of rotatable bonds is 2. The van der Waals surface area contributed by atoms with E-state index in [0.29, 0.717) is 30.6 Å². The van der Waals surface area contributed by atoms with Crippen LogP contribution in [-0.2, 0) is 11.2 Å². The van der Waals surface area contributed by atoms with E-state index in [1.165, 1.54) is 6.07 Å². The maximum Gasteiger partial charge on any atom is 0.514 e. The van der Waals surface area contributed by atoms with E-state index < -0.39 is 11.8 Å². The lowest BCUT2D eigenvalue weighted by molar-refractivity contribution is 0.0950. The molecule has 6 heteroatoms. The predicted molar refractivity (Wildman–Crippen MR) is 59.9 cm³/mol. The van der Waals surface area contributed by atoms with Gasteiger partial charge in [-0.25, -0.2) is 9.59 Å². The number of aryl methyl sites for hydroxylation is 1. The second kappa shape index (κ2) is 5.03. The summed E-state index contributed by atoms with van der Waals surface area (Å²) >= 11 is 0. The van der Waals surface area contributed by atoms with E-state index in [1.807, 2.05) is 0 Å². The maximum atomic E-state index is 11.6. The first-order valence-electron chi connectivity index (χ1n) is 5.66. The van der Waals surface area contributed by atoms with Crippen molar-refractivity contribution in [2.45, 2.75) is 26.2 Å². The molecule has 18 heavy (non-hydrogen) atoms. The van der Waals surface area contributed by atoms with Crippen molar-refractivity contribution < 1.29 is 23.5 Å². The Labute approximate surface area is 102 Å². The quantitative estimate of drug-likeness (QED) is 0.745. The highest BCUT2D eigenvalue weighted by Gasteiger charge is 2.23. The summed E-state index contributed by atoms with van der Waals surface area (Å²) < 4.78 is 14.2. The summed E-state index contributed by atoms with van der Waals surface area (Å²) in [6.07, 6.45) is 0.607. The molecular formula is C12H12O6. The van der Waals surface area contributed by atoms with E-state index in [1.54, 1.807) is 6.92 Å². The first kappa shape index (κ1) is 12.3. The summed E-state index contributed by atoms with van der Waals surface area (Å²) in [5.74, 6) is -0.0800. The molecule has 0 amide bonds.